The fourth-order valence-electron chi connectivity index (χ4n) is 2.96. The van der Waals surface area contributed by atoms with E-state index in [1.54, 1.807) is 0 Å². The summed E-state index contributed by atoms with van der Waals surface area (Å²) in [6.07, 6.45) is 1.11. The molecule has 2 N–H and O–H groups in total. The van der Waals surface area contributed by atoms with Crippen LogP contribution in [0.25, 0.3) is 0 Å². The highest BCUT2D eigenvalue weighted by Crippen LogP contribution is 2.29. The summed E-state index contributed by atoms with van der Waals surface area (Å²) in [5.41, 5.74) is 7.84. The van der Waals surface area contributed by atoms with Gasteiger partial charge in [0, 0.05) is 24.8 Å². The lowest BCUT2D eigenvalue weighted by Gasteiger charge is -2.43. The van der Waals surface area contributed by atoms with E-state index in [2.05, 4.69) is 42.2 Å². The van der Waals surface area contributed by atoms with Gasteiger partial charge in [0.2, 0.25) is 0 Å². The van der Waals surface area contributed by atoms with Crippen LogP contribution in [0.5, 0.6) is 5.75 Å². The van der Waals surface area contributed by atoms with Crippen molar-refractivity contribution in [1.29, 1.82) is 0 Å². The second-order valence-corrected chi connectivity index (χ2v) is 6.11. The average molecular weight is 296 g/mol. The van der Waals surface area contributed by atoms with Gasteiger partial charge in [0.05, 0.1) is 6.61 Å². The van der Waals surface area contributed by atoms with Crippen LogP contribution in [0.2, 0.25) is 0 Å². The number of likely N-dealkylation sites (tertiary alicyclic amines) is 1. The topological polar surface area (TPSA) is 38.5 Å². The number of benzene rings is 2. The summed E-state index contributed by atoms with van der Waals surface area (Å²) in [6, 6.07) is 18.8. The zero-order chi connectivity index (χ0) is 15.4. The van der Waals surface area contributed by atoms with Crippen LogP contribution in [0.15, 0.2) is 54.6 Å². The third-order valence-electron chi connectivity index (χ3n) is 4.49. The Bertz CT molecular complexity index is 576. The summed E-state index contributed by atoms with van der Waals surface area (Å²) < 4.78 is 5.77. The summed E-state index contributed by atoms with van der Waals surface area (Å²) in [7, 11) is 0. The van der Waals surface area contributed by atoms with Gasteiger partial charge in [-0.15, -0.1) is 0 Å². The van der Waals surface area contributed by atoms with E-state index in [1.807, 2.05) is 24.3 Å². The van der Waals surface area contributed by atoms with Gasteiger partial charge in [-0.2, -0.15) is 0 Å². The highest BCUT2D eigenvalue weighted by molar-refractivity contribution is 5.41. The Balaban J connectivity index is 1.38. The first-order chi connectivity index (χ1) is 10.7. The largest absolute Gasteiger partial charge is 0.494 e. The van der Waals surface area contributed by atoms with Crippen molar-refractivity contribution in [3.05, 3.63) is 60.2 Å². The van der Waals surface area contributed by atoms with E-state index < -0.39 is 0 Å². The molecule has 1 fully saturated rings. The second-order valence-electron chi connectivity index (χ2n) is 6.11. The summed E-state index contributed by atoms with van der Waals surface area (Å²) >= 11 is 0. The number of hydrogen-bond donors (Lipinski definition) is 1. The van der Waals surface area contributed by atoms with Gasteiger partial charge >= 0.3 is 0 Å². The summed E-state index contributed by atoms with van der Waals surface area (Å²) in [5.74, 6) is 1.66. The zero-order valence-corrected chi connectivity index (χ0v) is 13.1. The van der Waals surface area contributed by atoms with Crippen molar-refractivity contribution in [3.8, 4) is 5.75 Å². The first-order valence-corrected chi connectivity index (χ1v) is 7.99. The Hall–Kier alpha value is -2.00. The van der Waals surface area contributed by atoms with E-state index in [9.17, 15) is 0 Å². The standard InChI is InChI=1S/C19H24N2O/c1-15(17-5-3-2-4-6-17)21-13-16(14-21)11-12-22-19-9-7-18(20)8-10-19/h2-10,15-16H,11-14,20H2,1H3. The van der Waals surface area contributed by atoms with E-state index in [0.29, 0.717) is 6.04 Å². The Morgan fingerprint density at radius 3 is 2.45 bits per heavy atom. The van der Waals surface area contributed by atoms with Crippen LogP contribution in [-0.4, -0.2) is 24.6 Å². The van der Waals surface area contributed by atoms with Gasteiger partial charge in [-0.3, -0.25) is 4.90 Å². The molecule has 1 aliphatic heterocycles. The molecule has 0 amide bonds. The molecular formula is C19H24N2O. The maximum absolute atomic E-state index is 5.77. The molecule has 1 aliphatic rings. The molecule has 3 heteroatoms. The second kappa shape index (κ2) is 6.84. The molecule has 2 aromatic carbocycles. The Kier molecular flexibility index (Phi) is 4.64. The van der Waals surface area contributed by atoms with Crippen molar-refractivity contribution in [2.24, 2.45) is 5.92 Å². The normalized spacial score (nSPS) is 17.0. The van der Waals surface area contributed by atoms with E-state index in [1.165, 1.54) is 18.7 Å². The van der Waals surface area contributed by atoms with Gasteiger partial charge in [0.15, 0.2) is 0 Å². The lowest BCUT2D eigenvalue weighted by Crippen LogP contribution is -2.48. The van der Waals surface area contributed by atoms with E-state index in [-0.39, 0.29) is 0 Å². The quantitative estimate of drug-likeness (QED) is 0.825. The van der Waals surface area contributed by atoms with Crippen molar-refractivity contribution in [2.45, 2.75) is 19.4 Å². The number of nitrogen functional groups attached to an aromatic ring is 1. The average Bonchev–Trinajstić information content (AvgIpc) is 2.51. The molecule has 0 radical (unpaired) electrons. The third kappa shape index (κ3) is 3.60. The van der Waals surface area contributed by atoms with Crippen molar-refractivity contribution in [3.63, 3.8) is 0 Å². The van der Waals surface area contributed by atoms with Gasteiger partial charge in [0.25, 0.3) is 0 Å². The van der Waals surface area contributed by atoms with E-state index in [0.717, 1.165) is 30.4 Å². The zero-order valence-electron chi connectivity index (χ0n) is 13.1. The molecule has 1 heterocycles. The lowest BCUT2D eigenvalue weighted by molar-refractivity contribution is 0.0467. The molecule has 0 spiro atoms. The van der Waals surface area contributed by atoms with Gasteiger partial charge in [-0.1, -0.05) is 30.3 Å². The first-order valence-electron chi connectivity index (χ1n) is 7.99. The van der Waals surface area contributed by atoms with Gasteiger partial charge < -0.3 is 10.5 Å². The van der Waals surface area contributed by atoms with Crippen LogP contribution in [0.1, 0.15) is 24.9 Å². The van der Waals surface area contributed by atoms with E-state index >= 15 is 0 Å². The smallest absolute Gasteiger partial charge is 0.119 e. The summed E-state index contributed by atoms with van der Waals surface area (Å²) in [6.45, 7) is 5.40. The molecule has 3 rings (SSSR count). The van der Waals surface area contributed by atoms with Crippen molar-refractivity contribution < 1.29 is 4.74 Å². The molecule has 1 unspecified atom stereocenters. The number of nitrogens with zero attached hydrogens (tertiary/aromatic N) is 1. The predicted molar refractivity (Wildman–Crippen MR) is 90.9 cm³/mol. The minimum Gasteiger partial charge on any atom is -0.494 e. The Morgan fingerprint density at radius 2 is 1.77 bits per heavy atom. The van der Waals surface area contributed by atoms with Gasteiger partial charge in [0.1, 0.15) is 5.75 Å². The molecule has 116 valence electrons. The predicted octanol–water partition coefficient (Wildman–Crippen LogP) is 3.73. The minimum absolute atomic E-state index is 0.510. The van der Waals surface area contributed by atoms with Gasteiger partial charge in [-0.05, 0) is 49.1 Å². The number of anilines is 1. The van der Waals surface area contributed by atoms with Crippen LogP contribution in [0.3, 0.4) is 0 Å². The number of nitrogens with two attached hydrogens (primary N) is 1. The van der Waals surface area contributed by atoms with Crippen LogP contribution in [0, 0.1) is 5.92 Å². The van der Waals surface area contributed by atoms with Crippen LogP contribution in [0.4, 0.5) is 5.69 Å². The molecule has 0 aliphatic carbocycles. The number of hydrogen-bond acceptors (Lipinski definition) is 3. The first kappa shape index (κ1) is 14.9. The lowest BCUT2D eigenvalue weighted by atomic mass is 9.93. The van der Waals surface area contributed by atoms with Crippen LogP contribution in [-0.2, 0) is 0 Å². The van der Waals surface area contributed by atoms with Crippen molar-refractivity contribution in [1.82, 2.24) is 4.90 Å². The molecule has 22 heavy (non-hydrogen) atoms. The Morgan fingerprint density at radius 1 is 1.09 bits per heavy atom. The maximum Gasteiger partial charge on any atom is 0.119 e. The SMILES string of the molecule is CC(c1ccccc1)N1CC(CCOc2ccc(N)cc2)C1. The molecule has 0 aromatic heterocycles. The monoisotopic (exact) mass is 296 g/mol. The molecular weight excluding hydrogens is 272 g/mol. The van der Waals surface area contributed by atoms with E-state index in [4.69, 9.17) is 10.5 Å². The molecule has 1 saturated heterocycles. The highest BCUT2D eigenvalue weighted by atomic mass is 16.5. The number of ether oxygens (including phenoxy) is 1. The summed E-state index contributed by atoms with van der Waals surface area (Å²) in [5, 5.41) is 0. The molecule has 0 saturated carbocycles. The summed E-state index contributed by atoms with van der Waals surface area (Å²) in [4.78, 5) is 2.53. The maximum atomic E-state index is 5.77. The van der Waals surface area contributed by atoms with Crippen LogP contribution >= 0.6 is 0 Å². The Labute approximate surface area is 132 Å². The molecule has 2 aromatic rings. The molecule has 3 nitrogen and oxygen atoms in total. The van der Waals surface area contributed by atoms with Crippen LogP contribution < -0.4 is 10.5 Å². The fraction of sp³-hybridized carbons (Fsp3) is 0.368. The number of rotatable bonds is 6. The van der Waals surface area contributed by atoms with Crippen molar-refractivity contribution >= 4 is 5.69 Å². The van der Waals surface area contributed by atoms with Crippen molar-refractivity contribution in [2.75, 3.05) is 25.4 Å². The minimum atomic E-state index is 0.510. The highest BCUT2D eigenvalue weighted by Gasteiger charge is 2.30. The molecule has 0 bridgehead atoms. The molecule has 1 atom stereocenters. The fourth-order valence-corrected chi connectivity index (χ4v) is 2.96. The van der Waals surface area contributed by atoms with Gasteiger partial charge in [-0.25, -0.2) is 0 Å². The third-order valence-corrected chi connectivity index (χ3v) is 4.49.